The smallest absolute Gasteiger partial charge is 0.238 e. The maximum Gasteiger partial charge on any atom is 0.238 e. The summed E-state index contributed by atoms with van der Waals surface area (Å²) >= 11 is 0. The molecule has 2 rings (SSSR count). The first-order valence-electron chi connectivity index (χ1n) is 7.17. The molecule has 1 aromatic rings. The molecule has 5 nitrogen and oxygen atoms in total. The van der Waals surface area contributed by atoms with Gasteiger partial charge in [0.25, 0.3) is 0 Å². The van der Waals surface area contributed by atoms with Crippen LogP contribution in [0.25, 0.3) is 0 Å². The van der Waals surface area contributed by atoms with E-state index in [1.165, 1.54) is 12.5 Å². The van der Waals surface area contributed by atoms with Gasteiger partial charge in [0, 0.05) is 11.1 Å². The number of sulfonamides is 1. The third kappa shape index (κ3) is 3.63. The molecule has 0 unspecified atom stereocenters. The number of rotatable bonds is 3. The number of benzene rings is 1. The molecule has 116 valence electrons. The Morgan fingerprint density at radius 2 is 1.86 bits per heavy atom. The lowest BCUT2D eigenvalue weighted by atomic mass is 9.75. The minimum atomic E-state index is -3.78. The van der Waals surface area contributed by atoms with Crippen LogP contribution in [0.3, 0.4) is 0 Å². The number of nitrogens with two attached hydrogens (primary N) is 1. The monoisotopic (exact) mass is 310 g/mol. The topological polar surface area (TPSA) is 89.3 Å². The zero-order chi connectivity index (χ0) is 15.7. The molecule has 1 amide bonds. The van der Waals surface area contributed by atoms with Gasteiger partial charge in [-0.1, -0.05) is 32.3 Å². The first kappa shape index (κ1) is 16.0. The van der Waals surface area contributed by atoms with Gasteiger partial charge >= 0.3 is 0 Å². The lowest BCUT2D eigenvalue weighted by Gasteiger charge is -2.32. The Bertz CT molecular complexity index is 647. The van der Waals surface area contributed by atoms with Crippen molar-refractivity contribution < 1.29 is 13.2 Å². The van der Waals surface area contributed by atoms with E-state index in [2.05, 4.69) is 5.32 Å². The average Bonchev–Trinajstić information content (AvgIpc) is 2.40. The fourth-order valence-corrected chi connectivity index (χ4v) is 3.63. The summed E-state index contributed by atoms with van der Waals surface area (Å²) in [6, 6.07) is 4.78. The molecule has 0 spiro atoms. The predicted molar refractivity (Wildman–Crippen MR) is 82.4 cm³/mol. The highest BCUT2D eigenvalue weighted by Crippen LogP contribution is 2.36. The van der Waals surface area contributed by atoms with Crippen LogP contribution >= 0.6 is 0 Å². The average molecular weight is 310 g/mol. The molecular formula is C15H22N2O3S. The Morgan fingerprint density at radius 3 is 2.43 bits per heavy atom. The van der Waals surface area contributed by atoms with Crippen molar-refractivity contribution in [1.29, 1.82) is 0 Å². The molecule has 6 heteroatoms. The second-order valence-corrected chi connectivity index (χ2v) is 7.63. The van der Waals surface area contributed by atoms with Gasteiger partial charge in [0.2, 0.25) is 15.9 Å². The third-order valence-electron chi connectivity index (χ3n) is 4.26. The SMILES string of the molecule is Cc1ccc(NC(=O)C2(C)CCCCC2)cc1S(N)(=O)=O. The summed E-state index contributed by atoms with van der Waals surface area (Å²) in [4.78, 5) is 12.5. The highest BCUT2D eigenvalue weighted by Gasteiger charge is 2.34. The molecule has 3 N–H and O–H groups in total. The fraction of sp³-hybridized carbons (Fsp3) is 0.533. The minimum Gasteiger partial charge on any atom is -0.326 e. The third-order valence-corrected chi connectivity index (χ3v) is 5.31. The first-order chi connectivity index (χ1) is 9.72. The number of carbonyl (C=O) groups is 1. The van der Waals surface area contributed by atoms with Crippen molar-refractivity contribution in [2.75, 3.05) is 5.32 Å². The van der Waals surface area contributed by atoms with Gasteiger partial charge in [-0.3, -0.25) is 4.79 Å². The van der Waals surface area contributed by atoms with Crippen LogP contribution in [-0.2, 0) is 14.8 Å². The number of carbonyl (C=O) groups excluding carboxylic acids is 1. The normalized spacial score (nSPS) is 18.2. The molecule has 1 saturated carbocycles. The predicted octanol–water partition coefficient (Wildman–Crippen LogP) is 2.55. The van der Waals surface area contributed by atoms with Gasteiger partial charge in [0.05, 0.1) is 4.90 Å². The number of anilines is 1. The number of nitrogens with one attached hydrogen (secondary N) is 1. The summed E-state index contributed by atoms with van der Waals surface area (Å²) in [5, 5.41) is 8.02. The Morgan fingerprint density at radius 1 is 1.24 bits per heavy atom. The van der Waals surface area contributed by atoms with Crippen molar-refractivity contribution in [3.63, 3.8) is 0 Å². The molecular weight excluding hydrogens is 288 g/mol. The van der Waals surface area contributed by atoms with Crippen molar-refractivity contribution in [3.05, 3.63) is 23.8 Å². The van der Waals surface area contributed by atoms with Gasteiger partial charge in [-0.2, -0.15) is 0 Å². The lowest BCUT2D eigenvalue weighted by molar-refractivity contribution is -0.126. The largest absolute Gasteiger partial charge is 0.326 e. The molecule has 0 atom stereocenters. The molecule has 1 aliphatic rings. The zero-order valence-electron chi connectivity index (χ0n) is 12.5. The Labute approximate surface area is 126 Å². The molecule has 0 aliphatic heterocycles. The molecule has 0 bridgehead atoms. The molecule has 1 fully saturated rings. The van der Waals surface area contributed by atoms with Crippen LogP contribution < -0.4 is 10.5 Å². The van der Waals surface area contributed by atoms with Crippen molar-refractivity contribution in [2.24, 2.45) is 10.6 Å². The van der Waals surface area contributed by atoms with E-state index >= 15 is 0 Å². The lowest BCUT2D eigenvalue weighted by Crippen LogP contribution is -2.35. The van der Waals surface area contributed by atoms with Gasteiger partial charge in [-0.15, -0.1) is 0 Å². The highest BCUT2D eigenvalue weighted by atomic mass is 32.2. The molecule has 0 saturated heterocycles. The van der Waals surface area contributed by atoms with Crippen LogP contribution in [0.15, 0.2) is 23.1 Å². The number of hydrogen-bond acceptors (Lipinski definition) is 3. The maximum atomic E-state index is 12.4. The molecule has 0 heterocycles. The van der Waals surface area contributed by atoms with Crippen LogP contribution in [0.2, 0.25) is 0 Å². The highest BCUT2D eigenvalue weighted by molar-refractivity contribution is 7.89. The molecule has 1 aliphatic carbocycles. The Kier molecular flexibility index (Phi) is 4.39. The second kappa shape index (κ2) is 5.77. The van der Waals surface area contributed by atoms with E-state index in [0.29, 0.717) is 11.3 Å². The molecule has 1 aromatic carbocycles. The summed E-state index contributed by atoms with van der Waals surface area (Å²) in [5.41, 5.74) is 0.672. The van der Waals surface area contributed by atoms with Crippen molar-refractivity contribution in [3.8, 4) is 0 Å². The van der Waals surface area contributed by atoms with E-state index in [1.807, 2.05) is 6.92 Å². The van der Waals surface area contributed by atoms with E-state index in [1.54, 1.807) is 19.1 Å². The molecule has 0 aromatic heterocycles. The van der Waals surface area contributed by atoms with E-state index in [4.69, 9.17) is 5.14 Å². The van der Waals surface area contributed by atoms with Crippen molar-refractivity contribution in [1.82, 2.24) is 0 Å². The summed E-state index contributed by atoms with van der Waals surface area (Å²) in [5.74, 6) is -0.0496. The molecule has 21 heavy (non-hydrogen) atoms. The second-order valence-electron chi connectivity index (χ2n) is 6.10. The van der Waals surface area contributed by atoms with Crippen LogP contribution in [0.5, 0.6) is 0 Å². The summed E-state index contributed by atoms with van der Waals surface area (Å²) in [6.07, 6.45) is 5.02. The van der Waals surface area contributed by atoms with Gasteiger partial charge in [-0.05, 0) is 37.5 Å². The maximum absolute atomic E-state index is 12.4. The number of primary sulfonamides is 1. The van der Waals surface area contributed by atoms with Crippen molar-refractivity contribution in [2.45, 2.75) is 50.8 Å². The summed E-state index contributed by atoms with van der Waals surface area (Å²) in [7, 11) is -3.78. The summed E-state index contributed by atoms with van der Waals surface area (Å²) in [6.45, 7) is 3.64. The summed E-state index contributed by atoms with van der Waals surface area (Å²) < 4.78 is 23.0. The quantitative estimate of drug-likeness (QED) is 0.899. The first-order valence-corrected chi connectivity index (χ1v) is 8.72. The fourth-order valence-electron chi connectivity index (χ4n) is 2.83. The van der Waals surface area contributed by atoms with E-state index < -0.39 is 10.0 Å². The molecule has 0 radical (unpaired) electrons. The van der Waals surface area contributed by atoms with Gasteiger partial charge in [0.1, 0.15) is 0 Å². The van der Waals surface area contributed by atoms with E-state index in [0.717, 1.165) is 25.7 Å². The van der Waals surface area contributed by atoms with Crippen LogP contribution in [0.1, 0.15) is 44.6 Å². The van der Waals surface area contributed by atoms with Crippen molar-refractivity contribution >= 4 is 21.6 Å². The van der Waals surface area contributed by atoms with Crippen LogP contribution in [0, 0.1) is 12.3 Å². The zero-order valence-corrected chi connectivity index (χ0v) is 13.3. The standard InChI is InChI=1S/C15H22N2O3S/c1-11-6-7-12(10-13(11)21(16,19)20)17-14(18)15(2)8-4-3-5-9-15/h6-7,10H,3-5,8-9H2,1-2H3,(H,17,18)(H2,16,19,20). The van der Waals surface area contributed by atoms with E-state index in [9.17, 15) is 13.2 Å². The van der Waals surface area contributed by atoms with Gasteiger partial charge < -0.3 is 5.32 Å². The van der Waals surface area contributed by atoms with Crippen LogP contribution in [-0.4, -0.2) is 14.3 Å². The van der Waals surface area contributed by atoms with Gasteiger partial charge in [-0.25, -0.2) is 13.6 Å². The van der Waals surface area contributed by atoms with Crippen LogP contribution in [0.4, 0.5) is 5.69 Å². The number of hydrogen-bond donors (Lipinski definition) is 2. The minimum absolute atomic E-state index is 0.0496. The number of amides is 1. The number of aryl methyl sites for hydroxylation is 1. The van der Waals surface area contributed by atoms with E-state index in [-0.39, 0.29) is 16.2 Å². The Hall–Kier alpha value is -1.40. The van der Waals surface area contributed by atoms with Gasteiger partial charge in [0.15, 0.2) is 0 Å². The Balaban J connectivity index is 2.22.